The normalized spacial score (nSPS) is 28.5. The number of nitrogens with one attached hydrogen (secondary N) is 1. The highest BCUT2D eigenvalue weighted by atomic mass is 16.2. The zero-order valence-electron chi connectivity index (χ0n) is 7.40. The molecule has 0 radical (unpaired) electrons. The largest absolute Gasteiger partial charge is 0.336 e. The molecule has 0 aliphatic carbocycles. The van der Waals surface area contributed by atoms with Crippen LogP contribution in [0.4, 0.5) is 4.79 Å². The summed E-state index contributed by atoms with van der Waals surface area (Å²) in [4.78, 5) is 25.4. The SMILES string of the molecule is O=CCN1CCN2C(=O)NCC2C1. The molecule has 5 heteroatoms. The third kappa shape index (κ3) is 1.51. The van der Waals surface area contributed by atoms with E-state index in [1.165, 1.54) is 0 Å². The summed E-state index contributed by atoms with van der Waals surface area (Å²) in [5, 5.41) is 2.80. The van der Waals surface area contributed by atoms with Crippen molar-refractivity contribution in [3.8, 4) is 0 Å². The van der Waals surface area contributed by atoms with Gasteiger partial charge in [-0.15, -0.1) is 0 Å². The average Bonchev–Trinajstić information content (AvgIpc) is 2.48. The number of carbonyl (C=O) groups is 2. The molecule has 1 atom stereocenters. The Balaban J connectivity index is 1.95. The summed E-state index contributed by atoms with van der Waals surface area (Å²) < 4.78 is 0. The number of rotatable bonds is 2. The molecule has 2 saturated heterocycles. The van der Waals surface area contributed by atoms with Crippen LogP contribution in [0.2, 0.25) is 0 Å². The maximum atomic E-state index is 11.2. The molecule has 1 N–H and O–H groups in total. The van der Waals surface area contributed by atoms with Gasteiger partial charge in [0, 0.05) is 26.2 Å². The standard InChI is InChI=1S/C8H13N3O2/c12-4-3-10-1-2-11-7(6-10)5-9-8(11)13/h4,7H,1-3,5-6H2,(H,9,13). The molecule has 1 unspecified atom stereocenters. The quantitative estimate of drug-likeness (QED) is 0.553. The molecular weight excluding hydrogens is 170 g/mol. The van der Waals surface area contributed by atoms with Gasteiger partial charge in [-0.3, -0.25) is 4.90 Å². The number of aldehydes is 1. The fourth-order valence-electron chi connectivity index (χ4n) is 1.94. The summed E-state index contributed by atoms with van der Waals surface area (Å²) in [7, 11) is 0. The fourth-order valence-corrected chi connectivity index (χ4v) is 1.94. The molecule has 5 nitrogen and oxygen atoms in total. The van der Waals surface area contributed by atoms with Crippen LogP contribution in [0.1, 0.15) is 0 Å². The Bertz CT molecular complexity index is 231. The monoisotopic (exact) mass is 183 g/mol. The molecule has 2 fully saturated rings. The van der Waals surface area contributed by atoms with Gasteiger partial charge in [0.1, 0.15) is 6.29 Å². The maximum Gasteiger partial charge on any atom is 0.317 e. The average molecular weight is 183 g/mol. The van der Waals surface area contributed by atoms with E-state index in [0.717, 1.165) is 25.9 Å². The Morgan fingerprint density at radius 1 is 1.54 bits per heavy atom. The molecule has 2 rings (SSSR count). The minimum Gasteiger partial charge on any atom is -0.336 e. The van der Waals surface area contributed by atoms with Gasteiger partial charge in [0.15, 0.2) is 0 Å². The van der Waals surface area contributed by atoms with Gasteiger partial charge in [-0.1, -0.05) is 0 Å². The zero-order chi connectivity index (χ0) is 9.26. The summed E-state index contributed by atoms with van der Waals surface area (Å²) in [6, 6.07) is 0.303. The van der Waals surface area contributed by atoms with E-state index in [-0.39, 0.29) is 12.1 Å². The summed E-state index contributed by atoms with van der Waals surface area (Å²) in [5.41, 5.74) is 0. The first-order valence-corrected chi connectivity index (χ1v) is 4.51. The first kappa shape index (κ1) is 8.50. The van der Waals surface area contributed by atoms with Gasteiger partial charge in [0.2, 0.25) is 0 Å². The molecule has 0 aromatic rings. The number of hydrogen-bond acceptors (Lipinski definition) is 3. The Morgan fingerprint density at radius 2 is 2.38 bits per heavy atom. The third-order valence-electron chi connectivity index (χ3n) is 2.65. The Labute approximate surface area is 76.7 Å². The number of urea groups is 1. The molecule has 2 aliphatic rings. The fraction of sp³-hybridized carbons (Fsp3) is 0.750. The van der Waals surface area contributed by atoms with Crippen LogP contribution in [-0.2, 0) is 4.79 Å². The summed E-state index contributed by atoms with van der Waals surface area (Å²) >= 11 is 0. The summed E-state index contributed by atoms with van der Waals surface area (Å²) in [6.07, 6.45) is 0.917. The number of piperazine rings is 1. The molecule has 2 heterocycles. The van der Waals surface area contributed by atoms with E-state index < -0.39 is 0 Å². The number of fused-ring (bicyclic) bond motifs is 1. The number of hydrogen-bond donors (Lipinski definition) is 1. The van der Waals surface area contributed by atoms with Crippen LogP contribution >= 0.6 is 0 Å². The Morgan fingerprint density at radius 3 is 3.15 bits per heavy atom. The van der Waals surface area contributed by atoms with Crippen LogP contribution in [0.5, 0.6) is 0 Å². The van der Waals surface area contributed by atoms with Gasteiger partial charge in [0.25, 0.3) is 0 Å². The molecular formula is C8H13N3O2. The van der Waals surface area contributed by atoms with E-state index in [1.54, 1.807) is 0 Å². The van der Waals surface area contributed by atoms with Gasteiger partial charge >= 0.3 is 6.03 Å². The first-order chi connectivity index (χ1) is 6.31. The van der Waals surface area contributed by atoms with Gasteiger partial charge in [-0.2, -0.15) is 0 Å². The molecule has 2 aliphatic heterocycles. The van der Waals surface area contributed by atoms with Crippen molar-refractivity contribution in [2.45, 2.75) is 6.04 Å². The highest BCUT2D eigenvalue weighted by Gasteiger charge is 2.34. The lowest BCUT2D eigenvalue weighted by Crippen LogP contribution is -2.52. The molecule has 0 aromatic carbocycles. The van der Waals surface area contributed by atoms with Crippen LogP contribution in [0.25, 0.3) is 0 Å². The number of nitrogens with zero attached hydrogens (tertiary/aromatic N) is 2. The van der Waals surface area contributed by atoms with E-state index in [4.69, 9.17) is 0 Å². The molecule has 0 saturated carbocycles. The van der Waals surface area contributed by atoms with Crippen molar-refractivity contribution in [3.63, 3.8) is 0 Å². The van der Waals surface area contributed by atoms with Gasteiger partial charge in [-0.05, 0) is 0 Å². The van der Waals surface area contributed by atoms with E-state index in [9.17, 15) is 9.59 Å². The predicted molar refractivity (Wildman–Crippen MR) is 46.4 cm³/mol. The summed E-state index contributed by atoms with van der Waals surface area (Å²) in [6.45, 7) is 3.57. The molecule has 0 bridgehead atoms. The second-order valence-electron chi connectivity index (χ2n) is 3.46. The van der Waals surface area contributed by atoms with Crippen molar-refractivity contribution >= 4 is 12.3 Å². The highest BCUT2D eigenvalue weighted by Crippen LogP contribution is 2.13. The zero-order valence-corrected chi connectivity index (χ0v) is 7.40. The van der Waals surface area contributed by atoms with Crippen LogP contribution in [0.3, 0.4) is 0 Å². The van der Waals surface area contributed by atoms with Crippen molar-refractivity contribution in [3.05, 3.63) is 0 Å². The van der Waals surface area contributed by atoms with Crippen LogP contribution < -0.4 is 5.32 Å². The van der Waals surface area contributed by atoms with E-state index >= 15 is 0 Å². The van der Waals surface area contributed by atoms with Crippen molar-refractivity contribution in [2.24, 2.45) is 0 Å². The second kappa shape index (κ2) is 3.33. The molecule has 0 spiro atoms. The van der Waals surface area contributed by atoms with Crippen molar-refractivity contribution in [1.82, 2.24) is 15.1 Å². The van der Waals surface area contributed by atoms with Gasteiger partial charge < -0.3 is 15.0 Å². The number of carbonyl (C=O) groups excluding carboxylic acids is 2. The smallest absolute Gasteiger partial charge is 0.317 e. The first-order valence-electron chi connectivity index (χ1n) is 4.51. The van der Waals surface area contributed by atoms with Crippen molar-refractivity contribution in [2.75, 3.05) is 32.7 Å². The van der Waals surface area contributed by atoms with Crippen LogP contribution in [0.15, 0.2) is 0 Å². The maximum absolute atomic E-state index is 11.2. The minimum atomic E-state index is 0.0377. The Hall–Kier alpha value is -1.10. The third-order valence-corrected chi connectivity index (χ3v) is 2.65. The van der Waals surface area contributed by atoms with E-state index in [0.29, 0.717) is 13.1 Å². The molecule has 13 heavy (non-hydrogen) atoms. The lowest BCUT2D eigenvalue weighted by atomic mass is 10.2. The van der Waals surface area contributed by atoms with Crippen molar-refractivity contribution in [1.29, 1.82) is 0 Å². The topological polar surface area (TPSA) is 52.7 Å². The van der Waals surface area contributed by atoms with Gasteiger partial charge in [0.05, 0.1) is 12.6 Å². The lowest BCUT2D eigenvalue weighted by Gasteiger charge is -2.35. The number of amides is 2. The van der Waals surface area contributed by atoms with Crippen molar-refractivity contribution < 1.29 is 9.59 Å². The molecule has 0 aromatic heterocycles. The predicted octanol–water partition coefficient (Wildman–Crippen LogP) is -1.11. The van der Waals surface area contributed by atoms with E-state index in [2.05, 4.69) is 10.2 Å². The second-order valence-corrected chi connectivity index (χ2v) is 3.46. The minimum absolute atomic E-state index is 0.0377. The van der Waals surface area contributed by atoms with Crippen LogP contribution in [0, 0.1) is 0 Å². The van der Waals surface area contributed by atoms with E-state index in [1.807, 2.05) is 4.90 Å². The summed E-state index contributed by atoms with van der Waals surface area (Å²) in [5.74, 6) is 0. The van der Waals surface area contributed by atoms with Gasteiger partial charge in [-0.25, -0.2) is 4.79 Å². The highest BCUT2D eigenvalue weighted by molar-refractivity contribution is 5.77. The molecule has 2 amide bonds. The van der Waals surface area contributed by atoms with Crippen LogP contribution in [-0.4, -0.2) is 60.9 Å². The molecule has 72 valence electrons. The lowest BCUT2D eigenvalue weighted by molar-refractivity contribution is -0.109. The Kier molecular flexibility index (Phi) is 2.18.